The van der Waals surface area contributed by atoms with Crippen molar-refractivity contribution in [2.75, 3.05) is 19.6 Å². The Kier molecular flexibility index (Phi) is 44.9. The molecule has 1 nitrogen and oxygen atoms in total. The molecule has 0 saturated carbocycles. The van der Waals surface area contributed by atoms with Crippen molar-refractivity contribution >= 4 is 0 Å². The van der Waals surface area contributed by atoms with Crippen molar-refractivity contribution in [3.05, 3.63) is 0 Å². The molecule has 0 aliphatic carbocycles. The van der Waals surface area contributed by atoms with Gasteiger partial charge >= 0.3 is 0 Å². The molecular weight excluding hydrogens is 579 g/mol. The van der Waals surface area contributed by atoms with Gasteiger partial charge in [0, 0.05) is 0 Å². The van der Waals surface area contributed by atoms with Crippen molar-refractivity contribution in [3.63, 3.8) is 0 Å². The van der Waals surface area contributed by atoms with E-state index in [1.165, 1.54) is 283 Å². The maximum atomic E-state index is 2.87. The van der Waals surface area contributed by atoms with E-state index in [1.807, 2.05) is 0 Å². The van der Waals surface area contributed by atoms with Gasteiger partial charge in [-0.1, -0.05) is 265 Å². The molecule has 0 unspecified atom stereocenters. The monoisotopic (exact) mass is 676 g/mol. The van der Waals surface area contributed by atoms with Crippen LogP contribution in [0.1, 0.15) is 284 Å². The van der Waals surface area contributed by atoms with E-state index >= 15 is 0 Å². The van der Waals surface area contributed by atoms with E-state index in [-0.39, 0.29) is 0 Å². The van der Waals surface area contributed by atoms with E-state index in [0.29, 0.717) is 0 Å². The molecule has 0 rings (SSSR count). The van der Waals surface area contributed by atoms with E-state index in [2.05, 4.69) is 25.7 Å². The van der Waals surface area contributed by atoms with Crippen LogP contribution in [0.25, 0.3) is 0 Å². The van der Waals surface area contributed by atoms with Crippen molar-refractivity contribution < 1.29 is 0 Å². The number of hydrogen-bond acceptors (Lipinski definition) is 1. The molecule has 0 bridgehead atoms. The minimum Gasteiger partial charge on any atom is -0.303 e. The third-order valence-electron chi connectivity index (χ3n) is 11.2. The van der Waals surface area contributed by atoms with Crippen molar-refractivity contribution in [1.29, 1.82) is 0 Å². The van der Waals surface area contributed by atoms with Crippen LogP contribution in [-0.2, 0) is 0 Å². The minimum absolute atomic E-state index is 1.37. The van der Waals surface area contributed by atoms with Gasteiger partial charge < -0.3 is 4.90 Å². The summed E-state index contributed by atoms with van der Waals surface area (Å²) in [5.74, 6) is 0. The van der Waals surface area contributed by atoms with Crippen LogP contribution in [0.15, 0.2) is 0 Å². The molecule has 0 aromatic rings. The molecule has 290 valence electrons. The topological polar surface area (TPSA) is 3.24 Å². The highest BCUT2D eigenvalue weighted by Gasteiger charge is 2.05. The van der Waals surface area contributed by atoms with Crippen molar-refractivity contribution in [2.45, 2.75) is 284 Å². The molecule has 48 heavy (non-hydrogen) atoms. The van der Waals surface area contributed by atoms with Crippen LogP contribution in [0.2, 0.25) is 0 Å². The van der Waals surface area contributed by atoms with E-state index in [0.717, 1.165) is 0 Å². The van der Waals surface area contributed by atoms with Gasteiger partial charge in [0.1, 0.15) is 0 Å². The van der Waals surface area contributed by atoms with Crippen LogP contribution >= 0.6 is 0 Å². The van der Waals surface area contributed by atoms with Crippen LogP contribution in [0, 0.1) is 0 Å². The molecule has 0 radical (unpaired) electrons. The summed E-state index contributed by atoms with van der Waals surface area (Å²) < 4.78 is 0. The molecule has 1 heteroatoms. The first-order valence-corrected chi connectivity index (χ1v) is 23.6. The van der Waals surface area contributed by atoms with Gasteiger partial charge in [0.2, 0.25) is 0 Å². The van der Waals surface area contributed by atoms with Crippen LogP contribution in [0.4, 0.5) is 0 Å². The average molecular weight is 676 g/mol. The zero-order valence-corrected chi connectivity index (χ0v) is 34.6. The van der Waals surface area contributed by atoms with Gasteiger partial charge in [0.15, 0.2) is 0 Å². The van der Waals surface area contributed by atoms with Gasteiger partial charge in [-0.15, -0.1) is 0 Å². The first kappa shape index (κ1) is 48.0. The third-order valence-corrected chi connectivity index (χ3v) is 11.2. The Hall–Kier alpha value is -0.0400. The van der Waals surface area contributed by atoms with Crippen LogP contribution in [0.5, 0.6) is 0 Å². The van der Waals surface area contributed by atoms with Gasteiger partial charge in [-0.05, 0) is 38.9 Å². The Morgan fingerprint density at radius 1 is 0.167 bits per heavy atom. The fraction of sp³-hybridized carbons (Fsp3) is 1.00. The van der Waals surface area contributed by atoms with E-state index in [4.69, 9.17) is 0 Å². The molecule has 0 heterocycles. The molecule has 0 aromatic heterocycles. The second-order valence-corrected chi connectivity index (χ2v) is 16.3. The number of rotatable bonds is 44. The normalized spacial score (nSPS) is 11.8. The standard InChI is InChI=1S/C47H97N/c1-4-7-10-13-16-19-22-25-26-29-32-35-38-41-44-47-48(45-42-39-36-33-30-27-23-20-17-14-11-8-5-2)46-43-40-37-34-31-28-24-21-18-15-12-9-6-3/h4-47H2,1-3H3. The number of hydrogen-bond donors (Lipinski definition) is 0. The zero-order chi connectivity index (χ0) is 34.7. The molecule has 0 spiro atoms. The first-order valence-electron chi connectivity index (χ1n) is 23.6. The van der Waals surface area contributed by atoms with Crippen LogP contribution in [0.3, 0.4) is 0 Å². The lowest BCUT2D eigenvalue weighted by Gasteiger charge is -2.22. The molecule has 0 saturated heterocycles. The number of unbranched alkanes of at least 4 members (excludes halogenated alkanes) is 38. The van der Waals surface area contributed by atoms with Gasteiger partial charge in [0.05, 0.1) is 0 Å². The van der Waals surface area contributed by atoms with Crippen molar-refractivity contribution in [3.8, 4) is 0 Å². The quantitative estimate of drug-likeness (QED) is 0.0581. The second-order valence-electron chi connectivity index (χ2n) is 16.3. The van der Waals surface area contributed by atoms with E-state index in [9.17, 15) is 0 Å². The highest BCUT2D eigenvalue weighted by molar-refractivity contribution is 4.61. The predicted molar refractivity (Wildman–Crippen MR) is 223 cm³/mol. The molecule has 0 aliphatic rings. The van der Waals surface area contributed by atoms with E-state index < -0.39 is 0 Å². The molecule has 0 fully saturated rings. The Morgan fingerprint density at radius 2 is 0.292 bits per heavy atom. The summed E-state index contributed by atoms with van der Waals surface area (Å²) >= 11 is 0. The Labute approximate surface area is 307 Å². The minimum atomic E-state index is 1.37. The summed E-state index contributed by atoms with van der Waals surface area (Å²) in [6, 6.07) is 0. The van der Waals surface area contributed by atoms with Gasteiger partial charge in [-0.2, -0.15) is 0 Å². The highest BCUT2D eigenvalue weighted by Crippen LogP contribution is 2.16. The number of nitrogens with zero attached hydrogens (tertiary/aromatic N) is 1. The highest BCUT2D eigenvalue weighted by atomic mass is 15.1. The Morgan fingerprint density at radius 3 is 0.438 bits per heavy atom. The Balaban J connectivity index is 3.92. The van der Waals surface area contributed by atoms with Crippen LogP contribution < -0.4 is 0 Å². The van der Waals surface area contributed by atoms with Crippen molar-refractivity contribution in [2.24, 2.45) is 0 Å². The molecule has 0 atom stereocenters. The first-order chi connectivity index (χ1) is 23.8. The summed E-state index contributed by atoms with van der Waals surface area (Å²) in [4.78, 5) is 2.87. The fourth-order valence-electron chi connectivity index (χ4n) is 7.75. The maximum Gasteiger partial charge on any atom is -0.00187 e. The lowest BCUT2D eigenvalue weighted by atomic mass is 10.0. The maximum absolute atomic E-state index is 2.87. The van der Waals surface area contributed by atoms with E-state index in [1.54, 1.807) is 0 Å². The molecule has 0 amide bonds. The molecule has 0 aliphatic heterocycles. The lowest BCUT2D eigenvalue weighted by Crippen LogP contribution is -2.27. The molecule has 0 aromatic carbocycles. The van der Waals surface area contributed by atoms with Gasteiger partial charge in [-0.25, -0.2) is 0 Å². The smallest absolute Gasteiger partial charge is 0.00187 e. The molecular formula is C47H97N. The van der Waals surface area contributed by atoms with Gasteiger partial charge in [-0.3, -0.25) is 0 Å². The largest absolute Gasteiger partial charge is 0.303 e. The third kappa shape index (κ3) is 42.1. The second kappa shape index (κ2) is 45.0. The zero-order valence-electron chi connectivity index (χ0n) is 34.6. The SMILES string of the molecule is CCCCCCCCCCCCCCCCCN(CCCCCCCCCCCCCCC)CCCCCCCCCCCCCCC. The lowest BCUT2D eigenvalue weighted by molar-refractivity contribution is 0.254. The summed E-state index contributed by atoms with van der Waals surface area (Å²) in [5, 5.41) is 0. The Bertz CT molecular complexity index is 499. The summed E-state index contributed by atoms with van der Waals surface area (Å²) in [6.45, 7) is 11.1. The van der Waals surface area contributed by atoms with Gasteiger partial charge in [0.25, 0.3) is 0 Å². The summed E-state index contributed by atoms with van der Waals surface area (Å²) in [5.41, 5.74) is 0. The summed E-state index contributed by atoms with van der Waals surface area (Å²) in [7, 11) is 0. The predicted octanol–water partition coefficient (Wildman–Crippen LogP) is 17.3. The molecule has 0 N–H and O–H groups in total. The van der Waals surface area contributed by atoms with Crippen molar-refractivity contribution in [1.82, 2.24) is 4.90 Å². The van der Waals surface area contributed by atoms with Crippen LogP contribution in [-0.4, -0.2) is 24.5 Å². The summed E-state index contributed by atoms with van der Waals surface area (Å²) in [6.07, 6.45) is 60.1. The average Bonchev–Trinajstić information content (AvgIpc) is 3.10. The fourth-order valence-corrected chi connectivity index (χ4v) is 7.75.